The summed E-state index contributed by atoms with van der Waals surface area (Å²) in [5.74, 6) is 0.101. The van der Waals surface area contributed by atoms with E-state index in [-0.39, 0.29) is 5.84 Å². The van der Waals surface area contributed by atoms with Crippen molar-refractivity contribution in [1.29, 1.82) is 5.41 Å². The van der Waals surface area contributed by atoms with Crippen LogP contribution in [0.25, 0.3) is 0 Å². The van der Waals surface area contributed by atoms with Crippen molar-refractivity contribution in [3.63, 3.8) is 0 Å². The largest absolute Gasteiger partial charge is 0.384 e. The van der Waals surface area contributed by atoms with Gasteiger partial charge >= 0.3 is 0 Å². The van der Waals surface area contributed by atoms with E-state index in [1.54, 1.807) is 11.3 Å². The highest BCUT2D eigenvalue weighted by atomic mass is 79.9. The van der Waals surface area contributed by atoms with E-state index in [2.05, 4.69) is 33.0 Å². The fourth-order valence-corrected chi connectivity index (χ4v) is 3.21. The third-order valence-corrected chi connectivity index (χ3v) is 4.23. The van der Waals surface area contributed by atoms with Crippen LogP contribution in [0, 0.1) is 5.41 Å². The highest BCUT2D eigenvalue weighted by molar-refractivity contribution is 9.11. The second kappa shape index (κ2) is 5.54. The molecule has 0 aliphatic carbocycles. The standard InChI is InChI=1S/C13H14BrN3S/c1-17(8-11-5-6-12(14)18-11)10-4-2-3-9(7-10)13(15)16/h2-7H,8H2,1H3,(H3,15,16). The number of nitrogen functional groups attached to an aromatic ring is 1. The maximum atomic E-state index is 7.45. The Morgan fingerprint density at radius 2 is 2.17 bits per heavy atom. The Balaban J connectivity index is 2.15. The molecule has 0 saturated heterocycles. The molecule has 0 aliphatic heterocycles. The van der Waals surface area contributed by atoms with E-state index < -0.39 is 0 Å². The Morgan fingerprint density at radius 1 is 1.39 bits per heavy atom. The van der Waals surface area contributed by atoms with E-state index in [1.165, 1.54) is 4.88 Å². The molecule has 0 fully saturated rings. The van der Waals surface area contributed by atoms with Crippen molar-refractivity contribution < 1.29 is 0 Å². The quantitative estimate of drug-likeness (QED) is 0.669. The maximum absolute atomic E-state index is 7.45. The SMILES string of the molecule is CN(Cc1ccc(Br)s1)c1cccc(C(=N)N)c1. The number of nitrogens with zero attached hydrogens (tertiary/aromatic N) is 1. The first-order chi connectivity index (χ1) is 8.56. The van der Waals surface area contributed by atoms with Crippen LogP contribution in [0.2, 0.25) is 0 Å². The van der Waals surface area contributed by atoms with Crippen LogP contribution in [0.15, 0.2) is 40.2 Å². The minimum Gasteiger partial charge on any atom is -0.384 e. The van der Waals surface area contributed by atoms with Gasteiger partial charge in [-0.15, -0.1) is 11.3 Å². The molecule has 0 aliphatic rings. The van der Waals surface area contributed by atoms with Gasteiger partial charge in [0.05, 0.1) is 10.3 Å². The van der Waals surface area contributed by atoms with Crippen LogP contribution >= 0.6 is 27.3 Å². The summed E-state index contributed by atoms with van der Waals surface area (Å²) in [6, 6.07) is 11.9. The molecule has 1 aromatic carbocycles. The van der Waals surface area contributed by atoms with E-state index in [0.29, 0.717) is 0 Å². The van der Waals surface area contributed by atoms with Gasteiger partial charge in [-0.2, -0.15) is 0 Å². The summed E-state index contributed by atoms with van der Waals surface area (Å²) >= 11 is 5.19. The fourth-order valence-electron chi connectivity index (χ4n) is 1.67. The lowest BCUT2D eigenvalue weighted by Gasteiger charge is -2.19. The average Bonchev–Trinajstić information content (AvgIpc) is 2.75. The summed E-state index contributed by atoms with van der Waals surface area (Å²) in [7, 11) is 2.03. The van der Waals surface area contributed by atoms with Gasteiger partial charge in [0.1, 0.15) is 5.84 Å². The lowest BCUT2D eigenvalue weighted by molar-refractivity contribution is 0.940. The molecule has 0 saturated carbocycles. The van der Waals surface area contributed by atoms with Gasteiger partial charge in [0.25, 0.3) is 0 Å². The number of rotatable bonds is 4. The van der Waals surface area contributed by atoms with Gasteiger partial charge in [-0.1, -0.05) is 12.1 Å². The van der Waals surface area contributed by atoms with Gasteiger partial charge in [0, 0.05) is 23.2 Å². The van der Waals surface area contributed by atoms with Crippen molar-refractivity contribution in [2.45, 2.75) is 6.54 Å². The van der Waals surface area contributed by atoms with Crippen molar-refractivity contribution in [3.05, 3.63) is 50.6 Å². The predicted octanol–water partition coefficient (Wildman–Crippen LogP) is 3.43. The Bertz CT molecular complexity index is 565. The summed E-state index contributed by atoms with van der Waals surface area (Å²) in [5, 5.41) is 7.45. The van der Waals surface area contributed by atoms with Gasteiger partial charge in [-0.3, -0.25) is 5.41 Å². The first-order valence-corrected chi connectivity index (χ1v) is 7.07. The van der Waals surface area contributed by atoms with Crippen LogP contribution < -0.4 is 10.6 Å². The molecule has 0 bridgehead atoms. The van der Waals surface area contributed by atoms with Crippen molar-refractivity contribution in [2.75, 3.05) is 11.9 Å². The number of hydrogen-bond donors (Lipinski definition) is 2. The molecule has 5 heteroatoms. The number of benzene rings is 1. The molecular weight excluding hydrogens is 310 g/mol. The molecule has 0 amide bonds. The summed E-state index contributed by atoms with van der Waals surface area (Å²) in [4.78, 5) is 3.43. The first kappa shape index (κ1) is 13.1. The van der Waals surface area contributed by atoms with E-state index in [1.807, 2.05) is 31.3 Å². The van der Waals surface area contributed by atoms with Crippen molar-refractivity contribution >= 4 is 38.8 Å². The molecule has 0 atom stereocenters. The maximum Gasteiger partial charge on any atom is 0.122 e. The molecule has 0 spiro atoms. The highest BCUT2D eigenvalue weighted by Crippen LogP contribution is 2.25. The van der Waals surface area contributed by atoms with Crippen LogP contribution in [0.3, 0.4) is 0 Å². The van der Waals surface area contributed by atoms with Crippen LogP contribution in [-0.2, 0) is 6.54 Å². The number of nitrogens with two attached hydrogens (primary N) is 1. The van der Waals surface area contributed by atoms with Gasteiger partial charge < -0.3 is 10.6 Å². The molecule has 3 nitrogen and oxygen atoms in total. The minimum atomic E-state index is 0.101. The molecular formula is C13H14BrN3S. The van der Waals surface area contributed by atoms with E-state index in [4.69, 9.17) is 11.1 Å². The Kier molecular flexibility index (Phi) is 4.04. The number of thiophene rings is 1. The van der Waals surface area contributed by atoms with E-state index >= 15 is 0 Å². The lowest BCUT2D eigenvalue weighted by atomic mass is 10.2. The zero-order valence-corrected chi connectivity index (χ0v) is 12.4. The Morgan fingerprint density at radius 3 is 2.78 bits per heavy atom. The third kappa shape index (κ3) is 3.11. The zero-order valence-electron chi connectivity index (χ0n) is 9.98. The third-order valence-electron chi connectivity index (χ3n) is 2.62. The smallest absolute Gasteiger partial charge is 0.122 e. The van der Waals surface area contributed by atoms with Gasteiger partial charge in [0.2, 0.25) is 0 Å². The molecule has 1 aromatic heterocycles. The lowest BCUT2D eigenvalue weighted by Crippen LogP contribution is -2.17. The van der Waals surface area contributed by atoms with Crippen LogP contribution in [0.1, 0.15) is 10.4 Å². The molecule has 1 heterocycles. The molecule has 0 radical (unpaired) electrons. The molecule has 94 valence electrons. The van der Waals surface area contributed by atoms with Crippen molar-refractivity contribution in [2.24, 2.45) is 5.73 Å². The van der Waals surface area contributed by atoms with Crippen molar-refractivity contribution in [1.82, 2.24) is 0 Å². The number of nitrogens with one attached hydrogen (secondary N) is 1. The molecule has 0 unspecified atom stereocenters. The second-order valence-corrected chi connectivity index (χ2v) is 6.57. The molecule has 2 aromatic rings. The van der Waals surface area contributed by atoms with E-state index in [0.717, 1.165) is 21.6 Å². The monoisotopic (exact) mass is 323 g/mol. The van der Waals surface area contributed by atoms with Gasteiger partial charge in [0.15, 0.2) is 0 Å². The summed E-state index contributed by atoms with van der Waals surface area (Å²) in [6.45, 7) is 0.845. The summed E-state index contributed by atoms with van der Waals surface area (Å²) in [6.07, 6.45) is 0. The molecule has 3 N–H and O–H groups in total. The summed E-state index contributed by atoms with van der Waals surface area (Å²) in [5.41, 5.74) is 7.32. The van der Waals surface area contributed by atoms with Gasteiger partial charge in [-0.05, 0) is 40.2 Å². The Labute approximate surface area is 119 Å². The zero-order chi connectivity index (χ0) is 13.1. The van der Waals surface area contributed by atoms with Crippen LogP contribution in [0.5, 0.6) is 0 Å². The van der Waals surface area contributed by atoms with Crippen LogP contribution in [-0.4, -0.2) is 12.9 Å². The second-order valence-electron chi connectivity index (χ2n) is 4.03. The Hall–Kier alpha value is -1.33. The molecule has 18 heavy (non-hydrogen) atoms. The average molecular weight is 324 g/mol. The fraction of sp³-hybridized carbons (Fsp3) is 0.154. The van der Waals surface area contributed by atoms with Crippen molar-refractivity contribution in [3.8, 4) is 0 Å². The number of amidine groups is 1. The van der Waals surface area contributed by atoms with Crippen LogP contribution in [0.4, 0.5) is 5.69 Å². The number of anilines is 1. The predicted molar refractivity (Wildman–Crippen MR) is 81.6 cm³/mol. The normalized spacial score (nSPS) is 10.3. The van der Waals surface area contributed by atoms with Gasteiger partial charge in [-0.25, -0.2) is 0 Å². The van der Waals surface area contributed by atoms with E-state index in [9.17, 15) is 0 Å². The summed E-state index contributed by atoms with van der Waals surface area (Å²) < 4.78 is 1.14. The number of halogens is 1. The molecule has 2 rings (SSSR count). The number of hydrogen-bond acceptors (Lipinski definition) is 3. The minimum absolute atomic E-state index is 0.101. The first-order valence-electron chi connectivity index (χ1n) is 5.46. The topological polar surface area (TPSA) is 53.1 Å². The highest BCUT2D eigenvalue weighted by Gasteiger charge is 2.06.